The van der Waals surface area contributed by atoms with Crippen LogP contribution in [0.5, 0.6) is 5.75 Å². The van der Waals surface area contributed by atoms with Crippen LogP contribution < -0.4 is 10.1 Å². The number of benzene rings is 1. The molecule has 0 atom stereocenters. The van der Waals surface area contributed by atoms with Crippen LogP contribution in [0.3, 0.4) is 0 Å². The highest BCUT2D eigenvalue weighted by Gasteiger charge is 2.07. The van der Waals surface area contributed by atoms with E-state index in [1.165, 1.54) is 6.33 Å². The van der Waals surface area contributed by atoms with Crippen LogP contribution in [0, 0.1) is 6.92 Å². The molecular formula is C12H14N4O2. The van der Waals surface area contributed by atoms with Crippen molar-refractivity contribution in [2.75, 3.05) is 12.4 Å². The molecule has 0 aliphatic rings. The Labute approximate surface area is 104 Å². The Morgan fingerprint density at radius 1 is 1.50 bits per heavy atom. The van der Waals surface area contributed by atoms with Gasteiger partial charge in [0, 0.05) is 0 Å². The Morgan fingerprint density at radius 2 is 2.33 bits per heavy atom. The largest absolute Gasteiger partial charge is 0.496 e. The maximum absolute atomic E-state index is 11.7. The first-order valence-electron chi connectivity index (χ1n) is 5.48. The molecule has 0 unspecified atom stereocenters. The van der Waals surface area contributed by atoms with Gasteiger partial charge in [0.15, 0.2) is 0 Å². The lowest BCUT2D eigenvalue weighted by Gasteiger charge is -2.07. The molecule has 1 aromatic heterocycles. The van der Waals surface area contributed by atoms with Gasteiger partial charge in [-0.15, -0.1) is 0 Å². The molecule has 0 aliphatic heterocycles. The second-order valence-electron chi connectivity index (χ2n) is 3.86. The predicted octanol–water partition coefficient (Wildman–Crippen LogP) is 1.30. The predicted molar refractivity (Wildman–Crippen MR) is 66.4 cm³/mol. The molecule has 1 aromatic carbocycles. The number of aryl methyl sites for hydroxylation is 1. The van der Waals surface area contributed by atoms with Crippen LogP contribution >= 0.6 is 0 Å². The molecule has 0 saturated carbocycles. The van der Waals surface area contributed by atoms with Gasteiger partial charge in [0.1, 0.15) is 12.1 Å². The van der Waals surface area contributed by atoms with Gasteiger partial charge >= 0.3 is 0 Å². The molecule has 18 heavy (non-hydrogen) atoms. The summed E-state index contributed by atoms with van der Waals surface area (Å²) in [7, 11) is 1.61. The van der Waals surface area contributed by atoms with E-state index in [-0.39, 0.29) is 12.3 Å². The van der Waals surface area contributed by atoms with E-state index in [1.807, 2.05) is 25.1 Å². The summed E-state index contributed by atoms with van der Waals surface area (Å²) in [6.45, 7) is 1.96. The van der Waals surface area contributed by atoms with Gasteiger partial charge in [0.05, 0.1) is 13.5 Å². The summed E-state index contributed by atoms with van der Waals surface area (Å²) in [4.78, 5) is 15.5. The molecule has 6 nitrogen and oxygen atoms in total. The minimum atomic E-state index is -0.155. The molecule has 0 bridgehead atoms. The zero-order valence-corrected chi connectivity index (χ0v) is 10.2. The normalized spacial score (nSPS) is 10.1. The quantitative estimate of drug-likeness (QED) is 0.852. The van der Waals surface area contributed by atoms with Crippen molar-refractivity contribution in [3.63, 3.8) is 0 Å². The van der Waals surface area contributed by atoms with E-state index in [0.29, 0.717) is 5.95 Å². The molecule has 2 rings (SSSR count). The zero-order chi connectivity index (χ0) is 13.0. The van der Waals surface area contributed by atoms with Gasteiger partial charge in [0.25, 0.3) is 0 Å². The fraction of sp³-hybridized carbons (Fsp3) is 0.250. The highest BCUT2D eigenvalue weighted by Crippen LogP contribution is 2.19. The van der Waals surface area contributed by atoms with E-state index in [4.69, 9.17) is 4.74 Å². The number of carbonyl (C=O) groups is 1. The zero-order valence-electron chi connectivity index (χ0n) is 10.2. The van der Waals surface area contributed by atoms with Gasteiger partial charge in [-0.1, -0.05) is 12.1 Å². The number of amides is 1. The van der Waals surface area contributed by atoms with Crippen LogP contribution in [0.1, 0.15) is 11.1 Å². The number of aromatic amines is 1. The summed E-state index contributed by atoms with van der Waals surface area (Å²) in [6.07, 6.45) is 1.60. The second kappa shape index (κ2) is 5.31. The van der Waals surface area contributed by atoms with Crippen molar-refractivity contribution in [3.8, 4) is 5.75 Å². The highest BCUT2D eigenvalue weighted by molar-refractivity contribution is 5.90. The Hall–Kier alpha value is -2.37. The van der Waals surface area contributed by atoms with E-state index < -0.39 is 0 Å². The lowest BCUT2D eigenvalue weighted by molar-refractivity contribution is -0.115. The smallest absolute Gasteiger partial charge is 0.231 e. The van der Waals surface area contributed by atoms with Gasteiger partial charge in [0.2, 0.25) is 11.9 Å². The van der Waals surface area contributed by atoms with Gasteiger partial charge in [-0.05, 0) is 24.1 Å². The maximum Gasteiger partial charge on any atom is 0.231 e. The number of carbonyl (C=O) groups excluding carboxylic acids is 1. The average Bonchev–Trinajstić information content (AvgIpc) is 2.84. The van der Waals surface area contributed by atoms with E-state index in [9.17, 15) is 4.79 Å². The number of H-pyrrole nitrogens is 1. The average molecular weight is 246 g/mol. The Kier molecular flexibility index (Phi) is 3.57. The summed E-state index contributed by atoms with van der Waals surface area (Å²) >= 11 is 0. The van der Waals surface area contributed by atoms with Crippen LogP contribution in [0.4, 0.5) is 5.95 Å². The van der Waals surface area contributed by atoms with E-state index in [1.54, 1.807) is 7.11 Å². The molecule has 0 aliphatic carbocycles. The van der Waals surface area contributed by atoms with Crippen molar-refractivity contribution >= 4 is 11.9 Å². The molecule has 6 heteroatoms. The number of aromatic nitrogens is 3. The van der Waals surface area contributed by atoms with Crippen LogP contribution in [0.2, 0.25) is 0 Å². The molecule has 1 amide bonds. The summed E-state index contributed by atoms with van der Waals surface area (Å²) in [5.74, 6) is 0.969. The molecule has 94 valence electrons. The molecular weight excluding hydrogens is 232 g/mol. The molecule has 2 N–H and O–H groups in total. The number of anilines is 1. The van der Waals surface area contributed by atoms with E-state index in [2.05, 4.69) is 20.5 Å². The number of ether oxygens (including phenoxy) is 1. The van der Waals surface area contributed by atoms with Crippen LogP contribution in [0.15, 0.2) is 24.5 Å². The van der Waals surface area contributed by atoms with E-state index >= 15 is 0 Å². The van der Waals surface area contributed by atoms with Crippen LogP contribution in [-0.2, 0) is 11.2 Å². The topological polar surface area (TPSA) is 79.9 Å². The lowest BCUT2D eigenvalue weighted by Crippen LogP contribution is -2.15. The molecule has 0 spiro atoms. The van der Waals surface area contributed by atoms with Gasteiger partial charge in [-0.3, -0.25) is 10.1 Å². The van der Waals surface area contributed by atoms with Crippen molar-refractivity contribution < 1.29 is 9.53 Å². The fourth-order valence-electron chi connectivity index (χ4n) is 1.60. The minimum absolute atomic E-state index is 0.155. The van der Waals surface area contributed by atoms with Crippen LogP contribution in [0.25, 0.3) is 0 Å². The molecule has 0 saturated heterocycles. The molecule has 2 aromatic rings. The Morgan fingerprint density at radius 3 is 3.00 bits per heavy atom. The van der Waals surface area contributed by atoms with Crippen molar-refractivity contribution in [2.45, 2.75) is 13.3 Å². The summed E-state index contributed by atoms with van der Waals surface area (Å²) < 4.78 is 5.21. The summed E-state index contributed by atoms with van der Waals surface area (Å²) in [6, 6.07) is 5.68. The standard InChI is InChI=1S/C12H14N4O2/c1-8-3-4-9(5-10(8)18-2)6-11(17)15-12-13-7-14-16-12/h3-5,7H,6H2,1-2H3,(H2,13,14,15,16,17). The third-order valence-electron chi connectivity index (χ3n) is 2.51. The summed E-state index contributed by atoms with van der Waals surface area (Å²) in [5.41, 5.74) is 1.92. The van der Waals surface area contributed by atoms with Gasteiger partial charge < -0.3 is 4.74 Å². The maximum atomic E-state index is 11.7. The minimum Gasteiger partial charge on any atom is -0.496 e. The first-order valence-corrected chi connectivity index (χ1v) is 5.48. The van der Waals surface area contributed by atoms with Crippen molar-refractivity contribution in [1.82, 2.24) is 15.2 Å². The van der Waals surface area contributed by atoms with Gasteiger partial charge in [-0.25, -0.2) is 5.10 Å². The Bertz CT molecular complexity index is 537. The van der Waals surface area contributed by atoms with Crippen molar-refractivity contribution in [3.05, 3.63) is 35.7 Å². The number of hydrogen-bond acceptors (Lipinski definition) is 4. The van der Waals surface area contributed by atoms with Crippen molar-refractivity contribution in [1.29, 1.82) is 0 Å². The van der Waals surface area contributed by atoms with E-state index in [0.717, 1.165) is 16.9 Å². The summed E-state index contributed by atoms with van der Waals surface area (Å²) in [5, 5.41) is 8.83. The highest BCUT2D eigenvalue weighted by atomic mass is 16.5. The second-order valence-corrected chi connectivity index (χ2v) is 3.86. The molecule has 1 heterocycles. The Balaban J connectivity index is 2.03. The third kappa shape index (κ3) is 2.85. The number of hydrogen-bond donors (Lipinski definition) is 2. The number of nitrogens with zero attached hydrogens (tertiary/aromatic N) is 2. The van der Waals surface area contributed by atoms with Crippen molar-refractivity contribution in [2.24, 2.45) is 0 Å². The lowest BCUT2D eigenvalue weighted by atomic mass is 10.1. The number of methoxy groups -OCH3 is 1. The molecule has 0 radical (unpaired) electrons. The monoisotopic (exact) mass is 246 g/mol. The third-order valence-corrected chi connectivity index (χ3v) is 2.51. The SMILES string of the molecule is COc1cc(CC(=O)Nc2ncn[nH]2)ccc1C. The first kappa shape index (κ1) is 12.1. The van der Waals surface area contributed by atoms with Gasteiger partial charge in [-0.2, -0.15) is 10.1 Å². The number of rotatable bonds is 4. The fourth-order valence-corrected chi connectivity index (χ4v) is 1.60. The van der Waals surface area contributed by atoms with Crippen LogP contribution in [-0.4, -0.2) is 28.2 Å². The number of nitrogens with one attached hydrogen (secondary N) is 2. The first-order chi connectivity index (χ1) is 8.69. The molecule has 0 fully saturated rings.